The van der Waals surface area contributed by atoms with Gasteiger partial charge in [0.1, 0.15) is 23.5 Å². The molecule has 0 bridgehead atoms. The zero-order valence-corrected chi connectivity index (χ0v) is 24.9. The molecule has 3 aromatic rings. The maximum absolute atomic E-state index is 13.8. The summed E-state index contributed by atoms with van der Waals surface area (Å²) in [6, 6.07) is 12.8. The number of aromatic nitrogens is 2. The van der Waals surface area contributed by atoms with E-state index in [1.807, 2.05) is 13.0 Å². The second kappa shape index (κ2) is 15.2. The second-order valence-electron chi connectivity index (χ2n) is 10.7. The monoisotopic (exact) mass is 618 g/mol. The molecule has 0 aliphatic heterocycles. The van der Waals surface area contributed by atoms with Crippen LogP contribution >= 0.6 is 0 Å². The third-order valence-corrected chi connectivity index (χ3v) is 6.58. The summed E-state index contributed by atoms with van der Waals surface area (Å²) in [7, 11) is 0. The van der Waals surface area contributed by atoms with Gasteiger partial charge in [-0.15, -0.1) is 0 Å². The normalized spacial score (nSPS) is 14.0. The van der Waals surface area contributed by atoms with Crippen LogP contribution in [0.5, 0.6) is 5.75 Å². The third-order valence-electron chi connectivity index (χ3n) is 6.58. The van der Waals surface area contributed by atoms with Gasteiger partial charge in [-0.25, -0.2) is 4.68 Å². The number of fused-ring (bicyclic) bond motifs is 1. The molecule has 1 aromatic heterocycles. The summed E-state index contributed by atoms with van der Waals surface area (Å²) in [6.45, 7) is 3.31. The van der Waals surface area contributed by atoms with Gasteiger partial charge in [0, 0.05) is 23.7 Å². The molecule has 11 nitrogen and oxygen atoms in total. The fourth-order valence-corrected chi connectivity index (χ4v) is 4.11. The van der Waals surface area contributed by atoms with Gasteiger partial charge in [-0.05, 0) is 68.8 Å². The van der Waals surface area contributed by atoms with Gasteiger partial charge in [0.15, 0.2) is 11.6 Å². The van der Waals surface area contributed by atoms with Crippen LogP contribution in [0.4, 0.5) is 19.0 Å². The van der Waals surface area contributed by atoms with Crippen LogP contribution in [0.1, 0.15) is 64.0 Å². The number of primary amides is 1. The van der Waals surface area contributed by atoms with E-state index in [1.54, 1.807) is 31.2 Å². The molecule has 14 heteroatoms. The smallest absolute Gasteiger partial charge is 0.333 e. The number of amides is 2. The highest BCUT2D eigenvalue weighted by Gasteiger charge is 2.25. The minimum atomic E-state index is -3.03. The molecule has 0 saturated heterocycles. The number of aliphatic imine (C=N–C) groups is 1. The number of nitrogens with two attached hydrogens (primary N) is 2. The number of para-hydroxylation sites is 1. The molecule has 238 valence electrons. The van der Waals surface area contributed by atoms with E-state index in [1.165, 1.54) is 38.3 Å². The topological polar surface area (TPSA) is 156 Å². The van der Waals surface area contributed by atoms with Gasteiger partial charge in [-0.1, -0.05) is 25.1 Å². The van der Waals surface area contributed by atoms with Crippen molar-refractivity contribution in [3.63, 3.8) is 0 Å². The number of carbonyl (C=O) groups is 2. The summed E-state index contributed by atoms with van der Waals surface area (Å²) < 4.78 is 51.9. The molecule has 0 aliphatic rings. The molecular weight excluding hydrogens is 581 g/mol. The molecule has 0 spiro atoms. The van der Waals surface area contributed by atoms with Crippen molar-refractivity contribution in [2.24, 2.45) is 16.5 Å². The second-order valence-corrected chi connectivity index (χ2v) is 10.7. The Hall–Kier alpha value is -4.59. The minimum absolute atomic E-state index is 0.0278. The SMILES string of the molecule is CC[C@@H](CC[C@H](C)OC(N)=C(C=Nc1ccccc1)C(N)=O)NC(=O)c1nn(C(F)F)c2cc(OCC(C)(C)OF)ccc12. The molecule has 0 fully saturated rings. The number of hydrogen-bond acceptors (Lipinski definition) is 8. The van der Waals surface area contributed by atoms with Crippen LogP contribution < -0.4 is 21.5 Å². The number of nitrogens with zero attached hydrogens (tertiary/aromatic N) is 3. The average Bonchev–Trinajstić information content (AvgIpc) is 3.38. The molecule has 44 heavy (non-hydrogen) atoms. The van der Waals surface area contributed by atoms with Crippen LogP contribution in [0.25, 0.3) is 10.9 Å². The first-order chi connectivity index (χ1) is 20.8. The summed E-state index contributed by atoms with van der Waals surface area (Å²) in [5, 5.41) is 6.89. The lowest BCUT2D eigenvalue weighted by molar-refractivity contribution is -0.230. The number of carbonyl (C=O) groups excluding carboxylic acids is 2. The van der Waals surface area contributed by atoms with E-state index in [0.29, 0.717) is 29.6 Å². The van der Waals surface area contributed by atoms with Gasteiger partial charge in [0.05, 0.1) is 17.3 Å². The van der Waals surface area contributed by atoms with E-state index in [2.05, 4.69) is 20.3 Å². The zero-order valence-electron chi connectivity index (χ0n) is 24.9. The van der Waals surface area contributed by atoms with E-state index in [9.17, 15) is 22.9 Å². The summed E-state index contributed by atoms with van der Waals surface area (Å²) >= 11 is 0. The maximum atomic E-state index is 13.8. The van der Waals surface area contributed by atoms with Crippen LogP contribution in [-0.4, -0.2) is 52.2 Å². The summed E-state index contributed by atoms with van der Waals surface area (Å²) in [4.78, 5) is 33.1. The highest BCUT2D eigenvalue weighted by molar-refractivity contribution is 6.12. The predicted molar refractivity (Wildman–Crippen MR) is 159 cm³/mol. The van der Waals surface area contributed by atoms with E-state index < -0.39 is 30.1 Å². The third kappa shape index (κ3) is 9.20. The van der Waals surface area contributed by atoms with Crippen molar-refractivity contribution in [3.8, 4) is 5.75 Å². The van der Waals surface area contributed by atoms with E-state index in [0.717, 1.165) is 0 Å². The zero-order chi connectivity index (χ0) is 32.4. The number of hydrogen-bond donors (Lipinski definition) is 3. The van der Waals surface area contributed by atoms with Gasteiger partial charge >= 0.3 is 6.55 Å². The van der Waals surface area contributed by atoms with Crippen LogP contribution in [-0.2, 0) is 14.5 Å². The van der Waals surface area contributed by atoms with Crippen molar-refractivity contribution >= 4 is 34.6 Å². The van der Waals surface area contributed by atoms with Gasteiger partial charge < -0.3 is 26.3 Å². The predicted octanol–water partition coefficient (Wildman–Crippen LogP) is 5.24. The van der Waals surface area contributed by atoms with E-state index in [4.69, 9.17) is 20.9 Å². The van der Waals surface area contributed by atoms with Crippen molar-refractivity contribution in [2.45, 2.75) is 71.3 Å². The Morgan fingerprint density at radius 3 is 2.45 bits per heavy atom. The van der Waals surface area contributed by atoms with Crippen molar-refractivity contribution < 1.29 is 37.3 Å². The van der Waals surface area contributed by atoms with Gasteiger partial charge in [-0.2, -0.15) is 18.8 Å². The Morgan fingerprint density at radius 2 is 1.84 bits per heavy atom. The quantitative estimate of drug-likeness (QED) is 0.113. The lowest BCUT2D eigenvalue weighted by Gasteiger charge is -2.20. The van der Waals surface area contributed by atoms with Crippen LogP contribution in [0.3, 0.4) is 0 Å². The van der Waals surface area contributed by atoms with Gasteiger partial charge in [0.2, 0.25) is 0 Å². The van der Waals surface area contributed by atoms with Crippen LogP contribution in [0.15, 0.2) is 65.0 Å². The molecule has 0 unspecified atom stereocenters. The van der Waals surface area contributed by atoms with Crippen molar-refractivity contribution in [1.29, 1.82) is 0 Å². The number of alkyl halides is 2. The molecule has 2 atom stereocenters. The Bertz CT molecular complexity index is 1490. The summed E-state index contributed by atoms with van der Waals surface area (Å²) in [5.74, 6) is -1.45. The van der Waals surface area contributed by atoms with Gasteiger partial charge in [-0.3, -0.25) is 14.6 Å². The molecule has 1 heterocycles. The average molecular weight is 619 g/mol. The Kier molecular flexibility index (Phi) is 11.7. The minimum Gasteiger partial charge on any atom is -0.490 e. The summed E-state index contributed by atoms with van der Waals surface area (Å²) in [5.41, 5.74) is 10.5. The molecular formula is C30H37F3N6O5. The van der Waals surface area contributed by atoms with E-state index in [-0.39, 0.29) is 46.5 Å². The Morgan fingerprint density at radius 1 is 1.14 bits per heavy atom. The largest absolute Gasteiger partial charge is 0.490 e. The van der Waals surface area contributed by atoms with Crippen molar-refractivity contribution in [3.05, 3.63) is 65.7 Å². The molecule has 5 N–H and O–H groups in total. The first-order valence-electron chi connectivity index (χ1n) is 13.9. The molecule has 0 aliphatic carbocycles. The Labute approximate surface area is 252 Å². The fourth-order valence-electron chi connectivity index (χ4n) is 4.11. The lowest BCUT2D eigenvalue weighted by atomic mass is 10.1. The summed E-state index contributed by atoms with van der Waals surface area (Å²) in [6.07, 6.45) is 2.17. The molecule has 2 aromatic carbocycles. The maximum Gasteiger partial charge on any atom is 0.333 e. The van der Waals surface area contributed by atoms with Crippen LogP contribution in [0.2, 0.25) is 0 Å². The first kappa shape index (κ1) is 33.9. The number of rotatable bonds is 16. The highest BCUT2D eigenvalue weighted by atomic mass is 19.3. The fraction of sp³-hybridized carbons (Fsp3) is 0.400. The number of nitrogens with one attached hydrogen (secondary N) is 1. The molecule has 2 amide bonds. The number of halogens is 3. The van der Waals surface area contributed by atoms with Gasteiger partial charge in [0.25, 0.3) is 11.8 Å². The highest BCUT2D eigenvalue weighted by Crippen LogP contribution is 2.28. The number of benzene rings is 2. The first-order valence-corrected chi connectivity index (χ1v) is 13.9. The molecule has 0 radical (unpaired) electrons. The van der Waals surface area contributed by atoms with E-state index >= 15 is 0 Å². The number of ether oxygens (including phenoxy) is 2. The standard InChI is InChI=1S/C30H37F3N6O5/c1-5-19(12-11-18(2)43-27(35)23(26(34)40)16-36-20-9-7-6-8-10-20)37-28(41)25-22-14-13-21(42-17-30(3,4)44-33)15-24(22)39(38-25)29(31)32/h6-10,13-16,18-19,29H,5,11-12,17,35H2,1-4H3,(H2,34,40)(H,37,41)/t18-,19-/m0/s1. The Balaban J connectivity index is 1.68. The molecule has 3 rings (SSSR count). The molecule has 0 saturated carbocycles. The van der Waals surface area contributed by atoms with Crippen molar-refractivity contribution in [1.82, 2.24) is 15.1 Å². The van der Waals surface area contributed by atoms with Crippen LogP contribution in [0, 0.1) is 0 Å². The lowest BCUT2D eigenvalue weighted by Crippen LogP contribution is -2.35. The van der Waals surface area contributed by atoms with Crippen molar-refractivity contribution in [2.75, 3.05) is 6.61 Å².